The average molecular weight is 361 g/mol. The van der Waals surface area contributed by atoms with Crippen molar-refractivity contribution in [1.82, 2.24) is 9.55 Å². The van der Waals surface area contributed by atoms with Crippen LogP contribution in [0, 0.1) is 13.8 Å². The van der Waals surface area contributed by atoms with Gasteiger partial charge in [-0.15, -0.1) is 0 Å². The Morgan fingerprint density at radius 1 is 1.17 bits per heavy atom. The molecule has 24 heavy (non-hydrogen) atoms. The number of fused-ring (bicyclic) bond motifs is 1. The van der Waals surface area contributed by atoms with Crippen molar-refractivity contribution in [2.75, 3.05) is 13.7 Å². The van der Waals surface area contributed by atoms with Crippen molar-refractivity contribution < 1.29 is 4.74 Å². The van der Waals surface area contributed by atoms with Gasteiger partial charge < -0.3 is 9.30 Å². The summed E-state index contributed by atoms with van der Waals surface area (Å²) >= 11 is 7.72. The van der Waals surface area contributed by atoms with Crippen LogP contribution in [-0.2, 0) is 17.0 Å². The maximum Gasteiger partial charge on any atom is 0.121 e. The van der Waals surface area contributed by atoms with Crippen LogP contribution in [0.2, 0.25) is 5.02 Å². The molecule has 126 valence electrons. The first-order valence-electron chi connectivity index (χ1n) is 7.92. The maximum absolute atomic E-state index is 5.96. The molecule has 3 nitrogen and oxygen atoms in total. The Balaban J connectivity index is 1.95. The van der Waals surface area contributed by atoms with Gasteiger partial charge in [0.2, 0.25) is 0 Å². The van der Waals surface area contributed by atoms with Crippen LogP contribution in [0.1, 0.15) is 16.8 Å². The Morgan fingerprint density at radius 2 is 1.92 bits per heavy atom. The Labute approximate surface area is 152 Å². The van der Waals surface area contributed by atoms with Crippen molar-refractivity contribution in [3.05, 3.63) is 58.4 Å². The van der Waals surface area contributed by atoms with Gasteiger partial charge in [-0.2, -0.15) is 0 Å². The van der Waals surface area contributed by atoms with Crippen LogP contribution in [0.3, 0.4) is 0 Å². The van der Waals surface area contributed by atoms with E-state index in [2.05, 4.69) is 41.6 Å². The van der Waals surface area contributed by atoms with E-state index >= 15 is 0 Å². The Kier molecular flexibility index (Phi) is 5.49. The third-order valence-corrected chi connectivity index (χ3v) is 5.62. The van der Waals surface area contributed by atoms with E-state index in [-0.39, 0.29) is 0 Å². The van der Waals surface area contributed by atoms with Crippen molar-refractivity contribution in [2.45, 2.75) is 31.2 Å². The number of aryl methyl sites for hydroxylation is 1. The van der Waals surface area contributed by atoms with Gasteiger partial charge in [0.05, 0.1) is 12.1 Å². The molecule has 0 fully saturated rings. The molecule has 3 rings (SSSR count). The van der Waals surface area contributed by atoms with E-state index in [1.54, 1.807) is 18.9 Å². The van der Waals surface area contributed by atoms with E-state index in [9.17, 15) is 0 Å². The lowest BCUT2D eigenvalue weighted by atomic mass is 10.2. The second-order valence-corrected chi connectivity index (χ2v) is 7.18. The number of nitrogens with zero attached hydrogens (tertiary/aromatic N) is 2. The molecular formula is C19H21ClN2OS. The molecule has 0 N–H and O–H groups in total. The predicted molar refractivity (Wildman–Crippen MR) is 102 cm³/mol. The fraction of sp³-hybridized carbons (Fsp3) is 0.316. The SMILES string of the molecule is COCCn1c(C)c(C)c2ccnc(SCc3ccc(Cl)cc3)c21. The molecule has 2 heterocycles. The van der Waals surface area contributed by atoms with Crippen LogP contribution in [0.4, 0.5) is 0 Å². The molecule has 0 atom stereocenters. The zero-order valence-corrected chi connectivity index (χ0v) is 15.7. The number of hydrogen-bond acceptors (Lipinski definition) is 3. The minimum Gasteiger partial charge on any atom is -0.383 e. The minimum atomic E-state index is 0.695. The van der Waals surface area contributed by atoms with Crippen LogP contribution in [0.5, 0.6) is 0 Å². The number of aromatic nitrogens is 2. The molecule has 3 aromatic rings. The van der Waals surface area contributed by atoms with Crippen molar-refractivity contribution >= 4 is 34.3 Å². The first kappa shape index (κ1) is 17.3. The standard InChI is InChI=1S/C19H21ClN2OS/c1-13-14(2)22(10-11-23-3)18-17(13)8-9-21-19(18)24-12-15-4-6-16(20)7-5-15/h4-9H,10-12H2,1-3H3. The number of rotatable bonds is 6. The third kappa shape index (κ3) is 3.46. The molecule has 0 unspecified atom stereocenters. The van der Waals surface area contributed by atoms with Gasteiger partial charge in [0.25, 0.3) is 0 Å². The van der Waals surface area contributed by atoms with Gasteiger partial charge in [0.15, 0.2) is 0 Å². The molecule has 5 heteroatoms. The van der Waals surface area contributed by atoms with Crippen molar-refractivity contribution in [3.8, 4) is 0 Å². The van der Waals surface area contributed by atoms with Gasteiger partial charge in [-0.1, -0.05) is 35.5 Å². The molecule has 0 spiro atoms. The smallest absolute Gasteiger partial charge is 0.121 e. The number of hydrogen-bond donors (Lipinski definition) is 0. The Morgan fingerprint density at radius 3 is 2.62 bits per heavy atom. The summed E-state index contributed by atoms with van der Waals surface area (Å²) in [4.78, 5) is 4.64. The average Bonchev–Trinajstić information content (AvgIpc) is 2.84. The van der Waals surface area contributed by atoms with Gasteiger partial charge in [-0.05, 0) is 43.2 Å². The van der Waals surface area contributed by atoms with Crippen LogP contribution >= 0.6 is 23.4 Å². The number of benzene rings is 1. The summed E-state index contributed by atoms with van der Waals surface area (Å²) in [5.74, 6) is 0.872. The van der Waals surface area contributed by atoms with Gasteiger partial charge in [0, 0.05) is 41.7 Å². The van der Waals surface area contributed by atoms with Crippen LogP contribution in [0.25, 0.3) is 10.9 Å². The van der Waals surface area contributed by atoms with Gasteiger partial charge in [0.1, 0.15) is 5.03 Å². The summed E-state index contributed by atoms with van der Waals surface area (Å²) < 4.78 is 7.60. The molecule has 0 amide bonds. The van der Waals surface area contributed by atoms with E-state index in [4.69, 9.17) is 16.3 Å². The Bertz CT molecular complexity index is 843. The number of thioether (sulfide) groups is 1. The molecule has 0 aliphatic heterocycles. The maximum atomic E-state index is 5.96. The molecule has 1 aromatic carbocycles. The van der Waals surface area contributed by atoms with E-state index in [0.717, 1.165) is 22.3 Å². The largest absolute Gasteiger partial charge is 0.383 e. The molecule has 0 aliphatic rings. The highest BCUT2D eigenvalue weighted by Gasteiger charge is 2.15. The molecule has 0 radical (unpaired) electrons. The molecule has 0 aliphatic carbocycles. The number of pyridine rings is 1. The zero-order chi connectivity index (χ0) is 17.1. The van der Waals surface area contributed by atoms with Crippen LogP contribution in [0.15, 0.2) is 41.6 Å². The monoisotopic (exact) mass is 360 g/mol. The lowest BCUT2D eigenvalue weighted by Crippen LogP contribution is -2.06. The normalized spacial score (nSPS) is 11.3. The fourth-order valence-electron chi connectivity index (χ4n) is 2.86. The molecule has 0 saturated heterocycles. The lowest BCUT2D eigenvalue weighted by Gasteiger charge is -2.10. The topological polar surface area (TPSA) is 27.1 Å². The molecule has 0 bridgehead atoms. The van der Waals surface area contributed by atoms with Crippen molar-refractivity contribution in [2.24, 2.45) is 0 Å². The second kappa shape index (κ2) is 7.60. The van der Waals surface area contributed by atoms with Crippen molar-refractivity contribution in [3.63, 3.8) is 0 Å². The van der Waals surface area contributed by atoms with Crippen LogP contribution < -0.4 is 0 Å². The zero-order valence-electron chi connectivity index (χ0n) is 14.2. The summed E-state index contributed by atoms with van der Waals surface area (Å²) in [6, 6.07) is 10.1. The van der Waals surface area contributed by atoms with E-state index in [1.165, 1.54) is 27.7 Å². The molecular weight excluding hydrogens is 340 g/mol. The van der Waals surface area contributed by atoms with E-state index in [1.807, 2.05) is 18.3 Å². The van der Waals surface area contributed by atoms with Gasteiger partial charge in [-0.25, -0.2) is 4.98 Å². The van der Waals surface area contributed by atoms with E-state index < -0.39 is 0 Å². The predicted octanol–water partition coefficient (Wildman–Crippen LogP) is 5.25. The number of ether oxygens (including phenoxy) is 1. The first-order chi connectivity index (χ1) is 11.6. The highest BCUT2D eigenvalue weighted by atomic mass is 35.5. The Hall–Kier alpha value is -1.49. The highest BCUT2D eigenvalue weighted by molar-refractivity contribution is 7.98. The lowest BCUT2D eigenvalue weighted by molar-refractivity contribution is 0.188. The number of halogens is 1. The number of methoxy groups -OCH3 is 1. The highest BCUT2D eigenvalue weighted by Crippen LogP contribution is 2.33. The summed E-state index contributed by atoms with van der Waals surface area (Å²) in [5, 5.41) is 3.11. The summed E-state index contributed by atoms with van der Waals surface area (Å²) in [7, 11) is 1.74. The fourth-order valence-corrected chi connectivity index (χ4v) is 3.98. The molecule has 0 saturated carbocycles. The minimum absolute atomic E-state index is 0.695. The third-order valence-electron chi connectivity index (χ3n) is 4.32. The molecule has 2 aromatic heterocycles. The summed E-state index contributed by atoms with van der Waals surface area (Å²) in [6.45, 7) is 5.88. The quantitative estimate of drug-likeness (QED) is 0.562. The second-order valence-electron chi connectivity index (χ2n) is 5.78. The van der Waals surface area contributed by atoms with Crippen molar-refractivity contribution in [1.29, 1.82) is 0 Å². The first-order valence-corrected chi connectivity index (χ1v) is 9.28. The van der Waals surface area contributed by atoms with E-state index in [0.29, 0.717) is 6.61 Å². The summed E-state index contributed by atoms with van der Waals surface area (Å²) in [5.41, 5.74) is 5.05. The van der Waals surface area contributed by atoms with Gasteiger partial charge >= 0.3 is 0 Å². The van der Waals surface area contributed by atoms with Crippen LogP contribution in [-0.4, -0.2) is 23.3 Å². The van der Waals surface area contributed by atoms with Gasteiger partial charge in [-0.3, -0.25) is 0 Å². The summed E-state index contributed by atoms with van der Waals surface area (Å²) in [6.07, 6.45) is 1.90.